The average Bonchev–Trinajstić information content (AvgIpc) is 2.87. The predicted octanol–water partition coefficient (Wildman–Crippen LogP) is 7.25. The maximum Gasteiger partial charge on any atom is 0.323 e. The summed E-state index contributed by atoms with van der Waals surface area (Å²) in [5.74, 6) is -2.04. The molecule has 1 aliphatic heterocycles. The molecule has 0 saturated heterocycles. The summed E-state index contributed by atoms with van der Waals surface area (Å²) in [6, 6.07) is 9.06. The highest BCUT2D eigenvalue weighted by molar-refractivity contribution is 6.35. The van der Waals surface area contributed by atoms with Crippen LogP contribution in [-0.4, -0.2) is 39.0 Å². The van der Waals surface area contributed by atoms with Gasteiger partial charge < -0.3 is 14.7 Å². The Morgan fingerprint density at radius 2 is 1.51 bits per heavy atom. The van der Waals surface area contributed by atoms with Crippen LogP contribution in [0.25, 0.3) is 0 Å². The van der Waals surface area contributed by atoms with E-state index in [9.17, 15) is 29.6 Å². The number of rotatable bonds is 7. The lowest BCUT2D eigenvalue weighted by Crippen LogP contribution is -2.45. The van der Waals surface area contributed by atoms with E-state index >= 15 is 0 Å². The van der Waals surface area contributed by atoms with Gasteiger partial charge in [-0.3, -0.25) is 24.5 Å². The van der Waals surface area contributed by atoms with Gasteiger partial charge in [0.15, 0.2) is 11.6 Å². The third-order valence-corrected chi connectivity index (χ3v) is 8.69. The van der Waals surface area contributed by atoms with Crippen LogP contribution in [0.4, 0.5) is 5.69 Å². The molecule has 226 valence electrons. The molecular weight excluding hydrogens is 595 g/mol. The van der Waals surface area contributed by atoms with Gasteiger partial charge in [-0.2, -0.15) is 0 Å². The zero-order chi connectivity index (χ0) is 31.4. The molecule has 0 atom stereocenters. The zero-order valence-corrected chi connectivity index (χ0v) is 25.8. The van der Waals surface area contributed by atoms with Crippen LogP contribution in [0, 0.1) is 20.9 Å². The van der Waals surface area contributed by atoms with E-state index in [0.717, 1.165) is 0 Å². The van der Waals surface area contributed by atoms with Crippen LogP contribution in [0.3, 0.4) is 0 Å². The first-order valence-corrected chi connectivity index (χ1v) is 14.7. The highest BCUT2D eigenvalue weighted by Crippen LogP contribution is 2.56. The minimum Gasteiger partial charge on any atom is -0.487 e. The largest absolute Gasteiger partial charge is 0.487 e. The molecule has 1 N–H and O–H groups in total. The first kappa shape index (κ1) is 30.8. The highest BCUT2D eigenvalue weighted by Gasteiger charge is 2.50. The monoisotopic (exact) mass is 626 g/mol. The summed E-state index contributed by atoms with van der Waals surface area (Å²) in [6.45, 7) is 7.50. The van der Waals surface area contributed by atoms with Gasteiger partial charge in [0, 0.05) is 64.0 Å². The van der Waals surface area contributed by atoms with Gasteiger partial charge in [-0.05, 0) is 53.5 Å². The first-order chi connectivity index (χ1) is 20.1. The van der Waals surface area contributed by atoms with Gasteiger partial charge >= 0.3 is 5.97 Å². The van der Waals surface area contributed by atoms with Crippen molar-refractivity contribution in [3.05, 3.63) is 90.2 Å². The Morgan fingerprint density at radius 1 is 0.977 bits per heavy atom. The van der Waals surface area contributed by atoms with E-state index in [0.29, 0.717) is 46.5 Å². The molecule has 2 aromatic carbocycles. The predicted molar refractivity (Wildman–Crippen MR) is 161 cm³/mol. The minimum absolute atomic E-state index is 0.00394. The number of halogens is 2. The molecule has 11 heteroatoms. The number of aliphatic carboxylic acids is 1. The van der Waals surface area contributed by atoms with E-state index in [1.54, 1.807) is 23.1 Å². The number of nitro benzene ring substituents is 1. The molecule has 2 aromatic rings. The molecule has 0 bridgehead atoms. The number of nitrogens with zero attached hydrogens (tertiary/aromatic N) is 2. The van der Waals surface area contributed by atoms with Crippen LogP contribution in [0.5, 0.6) is 5.75 Å². The molecule has 3 aliphatic rings. The Labute approximate surface area is 259 Å². The van der Waals surface area contributed by atoms with Crippen molar-refractivity contribution in [1.82, 2.24) is 4.90 Å². The number of ketones is 2. The molecule has 0 amide bonds. The van der Waals surface area contributed by atoms with Crippen molar-refractivity contribution < 1.29 is 29.2 Å². The second-order valence-electron chi connectivity index (χ2n) is 13.0. The molecule has 9 nitrogen and oxygen atoms in total. The molecular formula is C32H32Cl2N2O7. The van der Waals surface area contributed by atoms with Gasteiger partial charge in [0.25, 0.3) is 5.69 Å². The van der Waals surface area contributed by atoms with Crippen LogP contribution in [0.1, 0.15) is 70.4 Å². The summed E-state index contributed by atoms with van der Waals surface area (Å²) < 4.78 is 6.23. The van der Waals surface area contributed by atoms with E-state index in [1.165, 1.54) is 18.2 Å². The quantitative estimate of drug-likeness (QED) is 0.251. The van der Waals surface area contributed by atoms with Crippen LogP contribution in [-0.2, 0) is 21.0 Å². The molecule has 0 aromatic heterocycles. The van der Waals surface area contributed by atoms with Crippen LogP contribution >= 0.6 is 23.2 Å². The topological polar surface area (TPSA) is 127 Å². The third kappa shape index (κ3) is 6.06. The molecule has 0 radical (unpaired) electrons. The maximum atomic E-state index is 14.0. The number of carbonyl (C=O) groups is 3. The lowest BCUT2D eigenvalue weighted by atomic mass is 9.63. The fourth-order valence-electron chi connectivity index (χ4n) is 6.50. The number of benzene rings is 2. The first-order valence-electron chi connectivity index (χ1n) is 13.9. The summed E-state index contributed by atoms with van der Waals surface area (Å²) in [5.41, 5.74) is 2.09. The van der Waals surface area contributed by atoms with Gasteiger partial charge in [0.1, 0.15) is 18.9 Å². The van der Waals surface area contributed by atoms with E-state index in [1.807, 2.05) is 27.7 Å². The summed E-state index contributed by atoms with van der Waals surface area (Å²) in [7, 11) is 0. The Bertz CT molecular complexity index is 1570. The van der Waals surface area contributed by atoms with Crippen molar-refractivity contribution in [2.24, 2.45) is 10.8 Å². The summed E-state index contributed by atoms with van der Waals surface area (Å²) in [5, 5.41) is 21.5. The SMILES string of the molecule is CC1(C)CC(=O)C2=C(C1)N(CC(=O)O)C1=C(C(=O)CC(C)(C)C1)C2c1cc(Cl)cc(Cl)c1OCc1ccc([N+](=O)[O-])cc1. The van der Waals surface area contributed by atoms with E-state index in [-0.39, 0.29) is 59.0 Å². The summed E-state index contributed by atoms with van der Waals surface area (Å²) in [4.78, 5) is 52.4. The average molecular weight is 628 g/mol. The number of nitro groups is 1. The molecule has 1 heterocycles. The van der Waals surface area contributed by atoms with Gasteiger partial charge in [0.2, 0.25) is 0 Å². The lowest BCUT2D eigenvalue weighted by Gasteiger charge is -2.48. The fourth-order valence-corrected chi connectivity index (χ4v) is 7.06. The smallest absolute Gasteiger partial charge is 0.323 e. The lowest BCUT2D eigenvalue weighted by molar-refractivity contribution is -0.384. The summed E-state index contributed by atoms with van der Waals surface area (Å²) >= 11 is 13.2. The number of non-ortho nitro benzene ring substituents is 1. The van der Waals surface area contributed by atoms with Crippen LogP contribution in [0.15, 0.2) is 58.9 Å². The molecule has 5 rings (SSSR count). The Morgan fingerprint density at radius 3 is 2.00 bits per heavy atom. The fraction of sp³-hybridized carbons (Fsp3) is 0.406. The number of Topliss-reactive ketones (excluding diaryl/α,β-unsaturated/α-hetero) is 2. The van der Waals surface area contributed by atoms with Gasteiger partial charge in [-0.15, -0.1) is 0 Å². The summed E-state index contributed by atoms with van der Waals surface area (Å²) in [6.07, 6.45) is 1.32. The second-order valence-corrected chi connectivity index (χ2v) is 13.9. The zero-order valence-electron chi connectivity index (χ0n) is 24.3. The standard InChI is InChI=1S/C32H32Cl2N2O7/c1-31(2)11-22-28(24(37)13-31)27(29-23(35(22)15-26(39)40)12-32(3,4)14-25(29)38)20-9-18(33)10-21(34)30(20)43-16-17-5-7-19(8-6-17)36(41)42/h5-10,27H,11-16H2,1-4H3,(H,39,40). The number of hydrogen-bond acceptors (Lipinski definition) is 7. The van der Waals surface area contributed by atoms with Crippen LogP contribution in [0.2, 0.25) is 10.0 Å². The highest BCUT2D eigenvalue weighted by atomic mass is 35.5. The normalized spacial score (nSPS) is 19.7. The number of hydrogen-bond donors (Lipinski definition) is 1. The number of carboxylic acid groups (broad SMARTS) is 1. The molecule has 0 fully saturated rings. The van der Waals surface area contributed by atoms with Crippen molar-refractivity contribution >= 4 is 46.4 Å². The second kappa shape index (κ2) is 11.1. The number of carbonyl (C=O) groups excluding carboxylic acids is 2. The third-order valence-electron chi connectivity index (χ3n) is 8.19. The van der Waals surface area contributed by atoms with Crippen molar-refractivity contribution in [3.8, 4) is 5.75 Å². The van der Waals surface area contributed by atoms with Gasteiger partial charge in [0.05, 0.1) is 9.95 Å². The van der Waals surface area contributed by atoms with Crippen LogP contribution < -0.4 is 4.74 Å². The molecule has 0 saturated carbocycles. The van der Waals surface area contributed by atoms with E-state index < -0.39 is 27.6 Å². The van der Waals surface area contributed by atoms with Crippen molar-refractivity contribution in [1.29, 1.82) is 0 Å². The maximum absolute atomic E-state index is 14.0. The molecule has 0 unspecified atom stereocenters. The van der Waals surface area contributed by atoms with Crippen molar-refractivity contribution in [2.75, 3.05) is 6.54 Å². The number of allylic oxidation sites excluding steroid dienone is 4. The molecule has 43 heavy (non-hydrogen) atoms. The van der Waals surface area contributed by atoms with Gasteiger partial charge in [-0.25, -0.2) is 0 Å². The van der Waals surface area contributed by atoms with E-state index in [4.69, 9.17) is 27.9 Å². The molecule has 2 aliphatic carbocycles. The van der Waals surface area contributed by atoms with Crippen molar-refractivity contribution in [2.45, 2.75) is 65.9 Å². The molecule has 0 spiro atoms. The van der Waals surface area contributed by atoms with Gasteiger partial charge in [-0.1, -0.05) is 50.9 Å². The number of ether oxygens (including phenoxy) is 1. The number of carboxylic acids is 1. The minimum atomic E-state index is -1.07. The Kier molecular flexibility index (Phi) is 7.94. The Balaban J connectivity index is 1.71. The van der Waals surface area contributed by atoms with E-state index in [2.05, 4.69) is 0 Å². The Hall–Kier alpha value is -3.69. The van der Waals surface area contributed by atoms with Crippen molar-refractivity contribution in [3.63, 3.8) is 0 Å².